The van der Waals surface area contributed by atoms with E-state index in [9.17, 15) is 13.2 Å². The van der Waals surface area contributed by atoms with Gasteiger partial charge in [-0.2, -0.15) is 13.2 Å². The molecule has 1 aliphatic carbocycles. The highest BCUT2D eigenvalue weighted by Crippen LogP contribution is 2.37. The smallest absolute Gasteiger partial charge is 0.301 e. The number of nitrogens with zero attached hydrogens (tertiary/aromatic N) is 2. The molecule has 22 heavy (non-hydrogen) atoms. The first-order valence-corrected chi connectivity index (χ1v) is 8.01. The first-order chi connectivity index (χ1) is 10.4. The van der Waals surface area contributed by atoms with E-state index in [1.165, 1.54) is 37.9 Å². The standard InChI is InChI=1S/C17H23F3N2/c1-21(8-9-22-11-13-6-7-15(22)10-13)12-14-4-2-3-5-16(14)17(18,19)20/h2-5,13,15H,6-12H2,1H3/t13-,15+/m0/s1. The average Bonchev–Trinajstić information content (AvgIpc) is 3.07. The molecular formula is C17H23F3N2. The number of rotatable bonds is 5. The van der Waals surface area contributed by atoms with Crippen molar-refractivity contribution in [2.24, 2.45) is 5.92 Å². The zero-order valence-corrected chi connectivity index (χ0v) is 12.9. The van der Waals surface area contributed by atoms with Gasteiger partial charge < -0.3 is 4.90 Å². The third-order valence-electron chi connectivity index (χ3n) is 5.05. The number of likely N-dealkylation sites (N-methyl/N-ethyl adjacent to an activating group) is 1. The Balaban J connectivity index is 1.55. The number of likely N-dealkylation sites (tertiary alicyclic amines) is 1. The molecule has 1 aliphatic heterocycles. The second-order valence-electron chi connectivity index (χ2n) is 6.72. The van der Waals surface area contributed by atoms with Crippen LogP contribution in [-0.4, -0.2) is 42.5 Å². The second-order valence-corrected chi connectivity index (χ2v) is 6.72. The quantitative estimate of drug-likeness (QED) is 0.819. The van der Waals surface area contributed by atoms with E-state index in [1.54, 1.807) is 12.1 Å². The summed E-state index contributed by atoms with van der Waals surface area (Å²) < 4.78 is 39.0. The minimum absolute atomic E-state index is 0.345. The Bertz CT molecular complexity index is 515. The Morgan fingerprint density at radius 3 is 2.64 bits per heavy atom. The van der Waals surface area contributed by atoms with E-state index < -0.39 is 11.7 Å². The molecule has 2 atom stereocenters. The average molecular weight is 312 g/mol. The van der Waals surface area contributed by atoms with Gasteiger partial charge in [-0.15, -0.1) is 0 Å². The predicted octanol–water partition coefficient (Wildman–Crippen LogP) is 3.62. The van der Waals surface area contributed by atoms with Crippen LogP contribution in [-0.2, 0) is 12.7 Å². The molecule has 2 bridgehead atoms. The Morgan fingerprint density at radius 2 is 2.00 bits per heavy atom. The van der Waals surface area contributed by atoms with Crippen LogP contribution in [0.3, 0.4) is 0 Å². The molecule has 1 aromatic rings. The number of fused-ring (bicyclic) bond motifs is 2. The van der Waals surface area contributed by atoms with Gasteiger partial charge in [0.25, 0.3) is 0 Å². The van der Waals surface area contributed by atoms with Gasteiger partial charge >= 0.3 is 6.18 Å². The van der Waals surface area contributed by atoms with Crippen molar-refractivity contribution in [2.75, 3.05) is 26.7 Å². The van der Waals surface area contributed by atoms with Gasteiger partial charge in [0, 0.05) is 32.2 Å². The third-order valence-corrected chi connectivity index (χ3v) is 5.05. The zero-order chi connectivity index (χ0) is 15.7. The Hall–Kier alpha value is -1.07. The van der Waals surface area contributed by atoms with Crippen LogP contribution < -0.4 is 0 Å². The summed E-state index contributed by atoms with van der Waals surface area (Å²) in [6.07, 6.45) is -0.298. The van der Waals surface area contributed by atoms with Gasteiger partial charge in [0.05, 0.1) is 5.56 Å². The largest absolute Gasteiger partial charge is 0.416 e. The zero-order valence-electron chi connectivity index (χ0n) is 12.9. The maximum Gasteiger partial charge on any atom is 0.416 e. The molecule has 0 spiro atoms. The molecule has 0 radical (unpaired) electrons. The molecular weight excluding hydrogens is 289 g/mol. The molecule has 0 aromatic heterocycles. The van der Waals surface area contributed by atoms with Crippen LogP contribution in [0.25, 0.3) is 0 Å². The van der Waals surface area contributed by atoms with E-state index in [0.29, 0.717) is 12.1 Å². The summed E-state index contributed by atoms with van der Waals surface area (Å²) in [7, 11) is 1.90. The predicted molar refractivity (Wildman–Crippen MR) is 80.5 cm³/mol. The van der Waals surface area contributed by atoms with Crippen molar-refractivity contribution in [1.82, 2.24) is 9.80 Å². The number of hydrogen-bond donors (Lipinski definition) is 0. The Morgan fingerprint density at radius 1 is 1.23 bits per heavy atom. The lowest BCUT2D eigenvalue weighted by molar-refractivity contribution is -0.138. The van der Waals surface area contributed by atoms with E-state index >= 15 is 0 Å². The summed E-state index contributed by atoms with van der Waals surface area (Å²) in [5, 5.41) is 0. The minimum atomic E-state index is -4.27. The molecule has 1 heterocycles. The van der Waals surface area contributed by atoms with Crippen LogP contribution in [0.4, 0.5) is 13.2 Å². The van der Waals surface area contributed by atoms with Crippen LogP contribution >= 0.6 is 0 Å². The summed E-state index contributed by atoms with van der Waals surface area (Å²) in [5.41, 5.74) is -0.150. The van der Waals surface area contributed by atoms with Gasteiger partial charge in [-0.3, -0.25) is 4.90 Å². The number of alkyl halides is 3. The molecule has 1 aromatic carbocycles. The topological polar surface area (TPSA) is 6.48 Å². The first-order valence-electron chi connectivity index (χ1n) is 8.01. The van der Waals surface area contributed by atoms with Crippen LogP contribution in [0.1, 0.15) is 30.4 Å². The van der Waals surface area contributed by atoms with Crippen LogP contribution in [0, 0.1) is 5.92 Å². The van der Waals surface area contributed by atoms with Crippen molar-refractivity contribution in [3.05, 3.63) is 35.4 Å². The van der Waals surface area contributed by atoms with Gasteiger partial charge in [0.2, 0.25) is 0 Å². The van der Waals surface area contributed by atoms with Crippen LogP contribution in [0.2, 0.25) is 0 Å². The lowest BCUT2D eigenvalue weighted by Gasteiger charge is -2.29. The third kappa shape index (κ3) is 3.46. The first kappa shape index (κ1) is 15.8. The summed E-state index contributed by atoms with van der Waals surface area (Å²) in [6, 6.07) is 6.60. The van der Waals surface area contributed by atoms with Gasteiger partial charge in [-0.25, -0.2) is 0 Å². The SMILES string of the molecule is CN(CCN1C[C@H]2CC[C@@H]1C2)Cc1ccccc1C(F)(F)F. The molecule has 1 saturated heterocycles. The number of hydrogen-bond acceptors (Lipinski definition) is 2. The van der Waals surface area contributed by atoms with E-state index in [-0.39, 0.29) is 0 Å². The van der Waals surface area contributed by atoms with Gasteiger partial charge in [0.1, 0.15) is 0 Å². The summed E-state index contributed by atoms with van der Waals surface area (Å²) in [5.74, 6) is 0.862. The number of halogens is 3. The highest BCUT2D eigenvalue weighted by molar-refractivity contribution is 5.29. The maximum atomic E-state index is 13.0. The van der Waals surface area contributed by atoms with Gasteiger partial charge in [0.15, 0.2) is 0 Å². The van der Waals surface area contributed by atoms with Crippen molar-refractivity contribution in [2.45, 2.75) is 38.0 Å². The minimum Gasteiger partial charge on any atom is -0.301 e. The van der Waals surface area contributed by atoms with Crippen molar-refractivity contribution >= 4 is 0 Å². The molecule has 0 amide bonds. The van der Waals surface area contributed by atoms with Crippen molar-refractivity contribution in [3.63, 3.8) is 0 Å². The lowest BCUT2D eigenvalue weighted by Crippen LogP contribution is -2.38. The van der Waals surface area contributed by atoms with Crippen LogP contribution in [0.5, 0.6) is 0 Å². The van der Waals surface area contributed by atoms with Crippen molar-refractivity contribution < 1.29 is 13.2 Å². The molecule has 5 heteroatoms. The number of piperidine rings is 1. The molecule has 2 fully saturated rings. The fourth-order valence-electron chi connectivity index (χ4n) is 3.90. The van der Waals surface area contributed by atoms with Gasteiger partial charge in [-0.05, 0) is 43.9 Å². The van der Waals surface area contributed by atoms with E-state index in [2.05, 4.69) is 4.90 Å². The Labute approximate surface area is 129 Å². The van der Waals surface area contributed by atoms with Gasteiger partial charge in [-0.1, -0.05) is 18.2 Å². The second kappa shape index (κ2) is 6.20. The molecule has 2 nitrogen and oxygen atoms in total. The van der Waals surface area contributed by atoms with Crippen LogP contribution in [0.15, 0.2) is 24.3 Å². The van der Waals surface area contributed by atoms with E-state index in [0.717, 1.165) is 25.0 Å². The maximum absolute atomic E-state index is 13.0. The number of benzene rings is 1. The van der Waals surface area contributed by atoms with Crippen molar-refractivity contribution in [3.8, 4) is 0 Å². The molecule has 2 aliphatic rings. The fourth-order valence-corrected chi connectivity index (χ4v) is 3.90. The molecule has 0 unspecified atom stereocenters. The van der Waals surface area contributed by atoms with Crippen molar-refractivity contribution in [1.29, 1.82) is 0 Å². The fraction of sp³-hybridized carbons (Fsp3) is 0.647. The van der Waals surface area contributed by atoms with E-state index in [1.807, 2.05) is 11.9 Å². The van der Waals surface area contributed by atoms with E-state index in [4.69, 9.17) is 0 Å². The monoisotopic (exact) mass is 312 g/mol. The highest BCUT2D eigenvalue weighted by atomic mass is 19.4. The summed E-state index contributed by atoms with van der Waals surface area (Å²) >= 11 is 0. The summed E-state index contributed by atoms with van der Waals surface area (Å²) in [6.45, 7) is 3.30. The molecule has 3 rings (SSSR count). The summed E-state index contributed by atoms with van der Waals surface area (Å²) in [4.78, 5) is 4.51. The normalized spacial score (nSPS) is 25.3. The highest BCUT2D eigenvalue weighted by Gasteiger charge is 2.37. The molecule has 122 valence electrons. The molecule has 0 N–H and O–H groups in total. The lowest BCUT2D eigenvalue weighted by atomic mass is 10.1. The Kier molecular flexibility index (Phi) is 4.46. The molecule has 1 saturated carbocycles.